The molecule has 3 aliphatic heterocycles. The van der Waals surface area contributed by atoms with Crippen LogP contribution in [0.3, 0.4) is 0 Å². The number of hydrogen-bond donors (Lipinski definition) is 2. The first kappa shape index (κ1) is 23.5. The van der Waals surface area contributed by atoms with E-state index < -0.39 is 0 Å². The summed E-state index contributed by atoms with van der Waals surface area (Å²) >= 11 is 9.65. The van der Waals surface area contributed by atoms with Crippen LogP contribution >= 0.6 is 24.2 Å². The number of fused-ring (bicyclic) bond motifs is 4. The number of hydrogen-bond acceptors (Lipinski definition) is 4. The van der Waals surface area contributed by atoms with E-state index in [1.807, 2.05) is 43.4 Å². The zero-order valence-corrected chi connectivity index (χ0v) is 20.5. The van der Waals surface area contributed by atoms with E-state index in [-0.39, 0.29) is 5.91 Å². The quantitative estimate of drug-likeness (QED) is 0.590. The second-order valence-corrected chi connectivity index (χ2v) is 10.3. The Morgan fingerprint density at radius 3 is 2.00 bits per heavy atom. The van der Waals surface area contributed by atoms with Gasteiger partial charge in [-0.2, -0.15) is 0 Å². The lowest BCUT2D eigenvalue weighted by Gasteiger charge is -2.23. The number of nitrogens with zero attached hydrogens (tertiary/aromatic N) is 2. The molecule has 6 rings (SSSR count). The Morgan fingerprint density at radius 1 is 0.906 bits per heavy atom. The summed E-state index contributed by atoms with van der Waals surface area (Å²) in [6.45, 7) is 4.08. The summed E-state index contributed by atoms with van der Waals surface area (Å²) in [5, 5.41) is 4.11. The van der Waals surface area contributed by atoms with Gasteiger partial charge < -0.3 is 15.1 Å². The summed E-state index contributed by atoms with van der Waals surface area (Å²) < 4.78 is 0. The largest absolute Gasteiger partial charge is 0.370 e. The highest BCUT2D eigenvalue weighted by molar-refractivity contribution is 7.80. The Kier molecular flexibility index (Phi) is 8.03. The number of rotatable bonds is 3. The lowest BCUT2D eigenvalue weighted by atomic mass is 9.84. The molecule has 0 aromatic heterocycles. The molecule has 172 valence electrons. The normalized spacial score (nSPS) is 24.7. The van der Waals surface area contributed by atoms with Crippen molar-refractivity contribution in [2.24, 2.45) is 11.8 Å². The number of anilines is 1. The lowest BCUT2D eigenvalue weighted by Crippen LogP contribution is -2.34. The van der Waals surface area contributed by atoms with Crippen LogP contribution in [0.15, 0.2) is 53.4 Å². The maximum Gasteiger partial charge on any atom is 0.253 e. The van der Waals surface area contributed by atoms with E-state index in [0.29, 0.717) is 6.04 Å². The molecule has 2 aromatic carbocycles. The number of likely N-dealkylation sites (N-methyl/N-ethyl adjacent to an activating group) is 1. The maximum atomic E-state index is 12.9. The number of carbonyl (C=O) groups is 1. The van der Waals surface area contributed by atoms with Gasteiger partial charge in [0, 0.05) is 53.4 Å². The van der Waals surface area contributed by atoms with E-state index >= 15 is 0 Å². The fourth-order valence-corrected chi connectivity index (χ4v) is 5.40. The fraction of sp³-hybridized carbons (Fsp3) is 0.500. The van der Waals surface area contributed by atoms with Gasteiger partial charge in [0.05, 0.1) is 0 Å². The van der Waals surface area contributed by atoms with Gasteiger partial charge in [-0.05, 0) is 99.5 Å². The fourth-order valence-electron chi connectivity index (χ4n) is 5.13. The van der Waals surface area contributed by atoms with Crippen molar-refractivity contribution >= 4 is 35.8 Å². The first-order chi connectivity index (χ1) is 15.5. The van der Waals surface area contributed by atoms with Crippen molar-refractivity contribution in [2.45, 2.75) is 43.0 Å². The molecule has 1 N–H and O–H groups in total. The van der Waals surface area contributed by atoms with Crippen LogP contribution in [0.25, 0.3) is 0 Å². The summed E-state index contributed by atoms with van der Waals surface area (Å²) in [5.74, 6) is 1.69. The molecule has 1 amide bonds. The summed E-state index contributed by atoms with van der Waals surface area (Å²) in [5.41, 5.74) is 2.09. The van der Waals surface area contributed by atoms with Gasteiger partial charge in [0.1, 0.15) is 0 Å². The van der Waals surface area contributed by atoms with Crippen molar-refractivity contribution < 1.29 is 4.79 Å². The van der Waals surface area contributed by atoms with Crippen molar-refractivity contribution in [3.8, 4) is 0 Å². The van der Waals surface area contributed by atoms with Crippen molar-refractivity contribution in [1.82, 2.24) is 10.2 Å². The Labute approximate surface area is 202 Å². The minimum absolute atomic E-state index is 0.231. The van der Waals surface area contributed by atoms with Gasteiger partial charge in [-0.1, -0.05) is 11.6 Å². The highest BCUT2D eigenvalue weighted by Gasteiger charge is 2.32. The molecule has 4 aliphatic rings. The van der Waals surface area contributed by atoms with Crippen LogP contribution in [0.5, 0.6) is 0 Å². The van der Waals surface area contributed by atoms with Crippen molar-refractivity contribution in [3.05, 3.63) is 59.1 Å². The summed E-state index contributed by atoms with van der Waals surface area (Å²) in [4.78, 5) is 18.4. The average molecular weight is 472 g/mol. The smallest absolute Gasteiger partial charge is 0.253 e. The van der Waals surface area contributed by atoms with Crippen LogP contribution in [0, 0.1) is 11.8 Å². The summed E-state index contributed by atoms with van der Waals surface area (Å²) in [7, 11) is 2.03. The zero-order chi connectivity index (χ0) is 22.5. The van der Waals surface area contributed by atoms with E-state index in [0.717, 1.165) is 53.5 Å². The Balaban J connectivity index is 0.000000260. The van der Waals surface area contributed by atoms with E-state index in [4.69, 9.17) is 11.6 Å². The molecule has 1 atom stereocenters. The highest BCUT2D eigenvalue weighted by atomic mass is 35.5. The van der Waals surface area contributed by atoms with Gasteiger partial charge in [0.2, 0.25) is 0 Å². The molecule has 1 aliphatic carbocycles. The molecule has 1 saturated carbocycles. The van der Waals surface area contributed by atoms with E-state index in [1.165, 1.54) is 37.8 Å². The molecule has 32 heavy (non-hydrogen) atoms. The minimum Gasteiger partial charge on any atom is -0.370 e. The van der Waals surface area contributed by atoms with E-state index in [9.17, 15) is 4.79 Å². The molecule has 1 unspecified atom stereocenters. The lowest BCUT2D eigenvalue weighted by molar-refractivity contribution is 0.0739. The molecule has 0 radical (unpaired) electrons. The minimum atomic E-state index is 0.231. The molecule has 6 heteroatoms. The molecule has 3 heterocycles. The van der Waals surface area contributed by atoms with Crippen LogP contribution in [0.4, 0.5) is 5.69 Å². The third-order valence-corrected chi connectivity index (χ3v) is 7.66. The van der Waals surface area contributed by atoms with Gasteiger partial charge >= 0.3 is 0 Å². The predicted octanol–water partition coefficient (Wildman–Crippen LogP) is 5.38. The monoisotopic (exact) mass is 471 g/mol. The topological polar surface area (TPSA) is 35.6 Å². The average Bonchev–Trinajstić information content (AvgIpc) is 3.11. The second-order valence-electron chi connectivity index (χ2n) is 9.34. The number of thiol groups is 1. The van der Waals surface area contributed by atoms with Crippen molar-refractivity contribution in [3.63, 3.8) is 0 Å². The third kappa shape index (κ3) is 6.00. The van der Waals surface area contributed by atoms with Gasteiger partial charge in [-0.15, -0.1) is 12.6 Å². The zero-order valence-electron chi connectivity index (χ0n) is 18.8. The summed E-state index contributed by atoms with van der Waals surface area (Å²) in [6.07, 6.45) is 6.45. The molecule has 3 saturated heterocycles. The van der Waals surface area contributed by atoms with Crippen LogP contribution in [-0.2, 0) is 0 Å². The number of nitrogens with one attached hydrogen (secondary N) is 1. The van der Waals surface area contributed by atoms with Crippen molar-refractivity contribution in [2.75, 3.05) is 38.1 Å². The standard InChI is InChI=1S/C20H29N3O.C6H5ClS/c1-21-18-10-11-22(14-18)19-8-6-17(7-9-19)20(24)23-12-15-2-3-16(13-23)5-4-15;7-5-1-3-6(8)4-2-5/h6-9,15-16,18,21H,2-5,10-14H2,1H3;1-4,8H. The Morgan fingerprint density at radius 2 is 1.50 bits per heavy atom. The number of benzene rings is 2. The first-order valence-electron chi connectivity index (χ1n) is 11.8. The van der Waals surface area contributed by atoms with Crippen LogP contribution in [-0.4, -0.2) is 50.1 Å². The van der Waals surface area contributed by atoms with Crippen LogP contribution in [0.1, 0.15) is 42.5 Å². The first-order valence-corrected chi connectivity index (χ1v) is 12.6. The van der Waals surface area contributed by atoms with Crippen LogP contribution < -0.4 is 10.2 Å². The number of carbonyl (C=O) groups excluding carboxylic acids is 1. The van der Waals surface area contributed by atoms with Crippen LogP contribution in [0.2, 0.25) is 5.02 Å². The van der Waals surface area contributed by atoms with Gasteiger partial charge in [0.15, 0.2) is 0 Å². The number of amides is 1. The van der Waals surface area contributed by atoms with Gasteiger partial charge in [-0.3, -0.25) is 4.79 Å². The molecule has 2 aromatic rings. The molecule has 2 bridgehead atoms. The predicted molar refractivity (Wildman–Crippen MR) is 136 cm³/mol. The molecule has 4 nitrogen and oxygen atoms in total. The van der Waals surface area contributed by atoms with Gasteiger partial charge in [-0.25, -0.2) is 0 Å². The molecular formula is C26H34ClN3OS. The molecule has 4 fully saturated rings. The molecular weight excluding hydrogens is 438 g/mol. The van der Waals surface area contributed by atoms with E-state index in [2.05, 4.69) is 39.9 Å². The molecule has 0 spiro atoms. The van der Waals surface area contributed by atoms with Crippen molar-refractivity contribution in [1.29, 1.82) is 0 Å². The maximum absolute atomic E-state index is 12.9. The van der Waals surface area contributed by atoms with E-state index in [1.54, 1.807) is 0 Å². The van der Waals surface area contributed by atoms with Gasteiger partial charge in [0.25, 0.3) is 5.91 Å². The summed E-state index contributed by atoms with van der Waals surface area (Å²) in [6, 6.07) is 16.2. The second kappa shape index (κ2) is 11.0. The SMILES string of the molecule is CNC1CCN(c2ccc(C(=O)N3CC4CCC(CC4)C3)cc2)C1.Sc1ccc(Cl)cc1. The Hall–Kier alpha value is -1.69. The Bertz CT molecular complexity index is 846. The third-order valence-electron chi connectivity index (χ3n) is 7.11. The highest BCUT2D eigenvalue weighted by Crippen LogP contribution is 2.34. The number of halogens is 1.